The van der Waals surface area contributed by atoms with Gasteiger partial charge in [-0.25, -0.2) is 0 Å². The molecule has 25 heavy (non-hydrogen) atoms. The Balaban J connectivity index is 1.57. The van der Waals surface area contributed by atoms with Crippen LogP contribution in [0.15, 0.2) is 30.3 Å². The Bertz CT molecular complexity index is 805. The Kier molecular flexibility index (Phi) is 3.83. The average molecular weight is 339 g/mol. The number of amidine groups is 1. The minimum absolute atomic E-state index is 0.0320. The summed E-state index contributed by atoms with van der Waals surface area (Å²) in [5.41, 5.74) is 7.66. The predicted octanol–water partition coefficient (Wildman–Crippen LogP) is 2.41. The lowest BCUT2D eigenvalue weighted by Crippen LogP contribution is -2.35. The van der Waals surface area contributed by atoms with Gasteiger partial charge < -0.3 is 20.4 Å². The molecule has 4 N–H and O–H groups in total. The van der Waals surface area contributed by atoms with Crippen LogP contribution in [-0.2, 0) is 0 Å². The molecule has 1 fully saturated rings. The third-order valence-electron chi connectivity index (χ3n) is 4.74. The Hall–Kier alpha value is -2.96. The Labute approximate surface area is 145 Å². The van der Waals surface area contributed by atoms with Gasteiger partial charge in [0.05, 0.1) is 0 Å². The van der Waals surface area contributed by atoms with Crippen molar-refractivity contribution in [2.75, 3.05) is 24.7 Å². The maximum atomic E-state index is 12.7. The normalized spacial score (nSPS) is 16.5. The number of fused-ring (bicyclic) bond motifs is 1. The van der Waals surface area contributed by atoms with Crippen molar-refractivity contribution < 1.29 is 9.53 Å². The van der Waals surface area contributed by atoms with Crippen LogP contribution < -0.4 is 15.4 Å². The molecule has 1 amide bonds. The molecule has 0 spiro atoms. The number of nitrogen functional groups attached to an aromatic ring is 1. The number of nitrogens with two attached hydrogens (primary N) is 1. The Morgan fingerprint density at radius 3 is 2.56 bits per heavy atom. The topological polar surface area (TPSA) is 98.4 Å². The number of nitrogens with one attached hydrogen (secondary N) is 2. The van der Waals surface area contributed by atoms with E-state index in [0.29, 0.717) is 23.7 Å². The standard InChI is InChI=1S/C18H21N5O2/c19-16(20)12-4-6-13(7-5-12)23-11-25-15-10-14(21-17(15)23)18(24)22-8-2-1-3-9-22/h4-7,10,21H,1-3,8-9,11H2,(H3,19,20). The average Bonchev–Trinajstić information content (AvgIpc) is 3.22. The third-order valence-corrected chi connectivity index (χ3v) is 4.74. The first kappa shape index (κ1) is 15.6. The van der Waals surface area contributed by atoms with Crippen molar-refractivity contribution in [2.24, 2.45) is 5.73 Å². The van der Waals surface area contributed by atoms with E-state index in [4.69, 9.17) is 15.9 Å². The van der Waals surface area contributed by atoms with Gasteiger partial charge in [-0.15, -0.1) is 0 Å². The van der Waals surface area contributed by atoms with Crippen molar-refractivity contribution in [3.8, 4) is 5.75 Å². The van der Waals surface area contributed by atoms with Crippen molar-refractivity contribution >= 4 is 23.2 Å². The van der Waals surface area contributed by atoms with Crippen LogP contribution in [0.5, 0.6) is 5.75 Å². The second kappa shape index (κ2) is 6.16. The van der Waals surface area contributed by atoms with E-state index in [1.807, 2.05) is 21.9 Å². The lowest BCUT2D eigenvalue weighted by Gasteiger charge is -2.26. The lowest BCUT2D eigenvalue weighted by atomic mass is 10.1. The van der Waals surface area contributed by atoms with E-state index < -0.39 is 0 Å². The predicted molar refractivity (Wildman–Crippen MR) is 95.6 cm³/mol. The first-order chi connectivity index (χ1) is 12.1. The van der Waals surface area contributed by atoms with Gasteiger partial charge in [0.1, 0.15) is 11.5 Å². The summed E-state index contributed by atoms with van der Waals surface area (Å²) in [5.74, 6) is 1.55. The monoisotopic (exact) mass is 339 g/mol. The van der Waals surface area contributed by atoms with Gasteiger partial charge in [-0.3, -0.25) is 15.1 Å². The molecule has 0 radical (unpaired) electrons. The lowest BCUT2D eigenvalue weighted by molar-refractivity contribution is 0.0719. The van der Waals surface area contributed by atoms with Crippen LogP contribution in [-0.4, -0.2) is 41.4 Å². The number of aromatic nitrogens is 1. The van der Waals surface area contributed by atoms with Crippen molar-refractivity contribution in [1.82, 2.24) is 9.88 Å². The highest BCUT2D eigenvalue weighted by atomic mass is 16.5. The van der Waals surface area contributed by atoms with Gasteiger partial charge >= 0.3 is 0 Å². The molecule has 1 aromatic heterocycles. The van der Waals surface area contributed by atoms with E-state index >= 15 is 0 Å². The van der Waals surface area contributed by atoms with Gasteiger partial charge in [0, 0.05) is 30.4 Å². The van der Waals surface area contributed by atoms with Gasteiger partial charge in [-0.05, 0) is 43.5 Å². The zero-order chi connectivity index (χ0) is 17.4. The van der Waals surface area contributed by atoms with E-state index in [2.05, 4.69) is 4.98 Å². The van der Waals surface area contributed by atoms with Gasteiger partial charge in [0.25, 0.3) is 5.91 Å². The molecular weight excluding hydrogens is 318 g/mol. The van der Waals surface area contributed by atoms with Gasteiger partial charge in [-0.1, -0.05) is 0 Å². The molecule has 0 unspecified atom stereocenters. The molecule has 3 heterocycles. The summed E-state index contributed by atoms with van der Waals surface area (Å²) in [5, 5.41) is 7.47. The number of hydrogen-bond donors (Lipinski definition) is 3. The van der Waals surface area contributed by atoms with E-state index in [-0.39, 0.29) is 11.7 Å². The number of carbonyl (C=O) groups excluding carboxylic acids is 1. The fourth-order valence-corrected chi connectivity index (χ4v) is 3.34. The number of rotatable bonds is 3. The summed E-state index contributed by atoms with van der Waals surface area (Å²) in [4.78, 5) is 19.7. The number of piperidine rings is 1. The molecule has 0 aliphatic carbocycles. The number of H-pyrrole nitrogens is 1. The van der Waals surface area contributed by atoms with E-state index in [0.717, 1.165) is 37.4 Å². The highest BCUT2D eigenvalue weighted by molar-refractivity contribution is 5.96. The maximum absolute atomic E-state index is 12.7. The van der Waals surface area contributed by atoms with Crippen LogP contribution in [0.4, 0.5) is 11.5 Å². The molecule has 1 saturated heterocycles. The Morgan fingerprint density at radius 2 is 1.88 bits per heavy atom. The molecule has 1 aromatic carbocycles. The number of anilines is 2. The van der Waals surface area contributed by atoms with Crippen molar-refractivity contribution in [3.05, 3.63) is 41.6 Å². The number of carbonyl (C=O) groups is 1. The molecule has 2 aliphatic heterocycles. The van der Waals surface area contributed by atoms with Crippen LogP contribution in [0.2, 0.25) is 0 Å². The van der Waals surface area contributed by atoms with Crippen LogP contribution in [0, 0.1) is 5.41 Å². The molecule has 2 aromatic rings. The van der Waals surface area contributed by atoms with E-state index in [1.165, 1.54) is 6.42 Å². The molecule has 0 bridgehead atoms. The summed E-state index contributed by atoms with van der Waals surface area (Å²) in [6.07, 6.45) is 3.33. The zero-order valence-corrected chi connectivity index (χ0v) is 13.9. The number of hydrogen-bond acceptors (Lipinski definition) is 4. The first-order valence-corrected chi connectivity index (χ1v) is 8.50. The summed E-state index contributed by atoms with van der Waals surface area (Å²) in [6.45, 7) is 2.03. The smallest absolute Gasteiger partial charge is 0.270 e. The van der Waals surface area contributed by atoms with Crippen LogP contribution in [0.1, 0.15) is 35.3 Å². The molecule has 2 aliphatic rings. The summed E-state index contributed by atoms with van der Waals surface area (Å²) in [7, 11) is 0. The van der Waals surface area contributed by atoms with E-state index in [1.54, 1.807) is 18.2 Å². The number of ether oxygens (including phenoxy) is 1. The number of likely N-dealkylation sites (tertiary alicyclic amines) is 1. The SMILES string of the molecule is N=C(N)c1ccc(N2COc3cc(C(=O)N4CCCCC4)[nH]c32)cc1. The number of nitrogens with zero attached hydrogens (tertiary/aromatic N) is 2. The summed E-state index contributed by atoms with van der Waals surface area (Å²) in [6, 6.07) is 9.18. The second-order valence-electron chi connectivity index (χ2n) is 6.41. The molecular formula is C18H21N5O2. The van der Waals surface area contributed by atoms with Crippen LogP contribution in [0.25, 0.3) is 0 Å². The van der Waals surface area contributed by atoms with Crippen LogP contribution in [0.3, 0.4) is 0 Å². The maximum Gasteiger partial charge on any atom is 0.270 e. The number of amides is 1. The number of aromatic amines is 1. The highest BCUT2D eigenvalue weighted by Gasteiger charge is 2.28. The van der Waals surface area contributed by atoms with Crippen LogP contribution >= 0.6 is 0 Å². The minimum Gasteiger partial charge on any atom is -0.469 e. The van der Waals surface area contributed by atoms with Gasteiger partial charge in [-0.2, -0.15) is 0 Å². The van der Waals surface area contributed by atoms with Crippen molar-refractivity contribution in [2.45, 2.75) is 19.3 Å². The molecule has 7 heteroatoms. The quantitative estimate of drug-likeness (QED) is 0.591. The molecule has 7 nitrogen and oxygen atoms in total. The number of benzene rings is 1. The fourth-order valence-electron chi connectivity index (χ4n) is 3.34. The van der Waals surface area contributed by atoms with Gasteiger partial charge in [0.2, 0.25) is 0 Å². The molecule has 0 saturated carbocycles. The second-order valence-corrected chi connectivity index (χ2v) is 6.41. The molecule has 4 rings (SSSR count). The van der Waals surface area contributed by atoms with Crippen molar-refractivity contribution in [1.29, 1.82) is 5.41 Å². The molecule has 0 atom stereocenters. The summed E-state index contributed by atoms with van der Waals surface area (Å²) >= 11 is 0. The van der Waals surface area contributed by atoms with Gasteiger partial charge in [0.15, 0.2) is 18.3 Å². The fraction of sp³-hybridized carbons (Fsp3) is 0.333. The largest absolute Gasteiger partial charge is 0.469 e. The zero-order valence-electron chi connectivity index (χ0n) is 13.9. The first-order valence-electron chi connectivity index (χ1n) is 8.50. The highest BCUT2D eigenvalue weighted by Crippen LogP contribution is 2.39. The summed E-state index contributed by atoms with van der Waals surface area (Å²) < 4.78 is 5.72. The minimum atomic E-state index is 0.0320. The van der Waals surface area contributed by atoms with Crippen molar-refractivity contribution in [3.63, 3.8) is 0 Å². The van der Waals surface area contributed by atoms with E-state index in [9.17, 15) is 4.79 Å². The third kappa shape index (κ3) is 2.82. The Morgan fingerprint density at radius 1 is 1.16 bits per heavy atom. The molecule has 130 valence electrons.